The van der Waals surface area contributed by atoms with Crippen molar-refractivity contribution in [3.8, 4) is 0 Å². The molecule has 0 aliphatic rings. The molecule has 0 fully saturated rings. The molecule has 1 aromatic heterocycles. The Morgan fingerprint density at radius 2 is 2.00 bits per heavy atom. The van der Waals surface area contributed by atoms with E-state index in [9.17, 15) is 0 Å². The Hall–Kier alpha value is -1.24. The molecule has 1 heterocycles. The smallest absolute Gasteiger partial charge is 0.0458 e. The van der Waals surface area contributed by atoms with Crippen LogP contribution in [0.1, 0.15) is 24.6 Å². The Kier molecular flexibility index (Phi) is 2.09. The van der Waals surface area contributed by atoms with Gasteiger partial charge in [-0.2, -0.15) is 0 Å². The highest BCUT2D eigenvalue weighted by atomic mass is 14.7. The van der Waals surface area contributed by atoms with Gasteiger partial charge in [-0.3, -0.25) is 0 Å². The predicted molar refractivity (Wildman–Crippen MR) is 57.0 cm³/mol. The van der Waals surface area contributed by atoms with Gasteiger partial charge in [-0.25, -0.2) is 0 Å². The third kappa shape index (κ3) is 1.35. The lowest BCUT2D eigenvalue weighted by Gasteiger charge is -1.94. The minimum Gasteiger partial charge on any atom is -0.358 e. The van der Waals surface area contributed by atoms with Crippen LogP contribution < -0.4 is 0 Å². The summed E-state index contributed by atoms with van der Waals surface area (Å²) in [4.78, 5) is 3.46. The average molecular weight is 173 g/mol. The third-order valence-electron chi connectivity index (χ3n) is 2.57. The monoisotopic (exact) mass is 173 g/mol. The largest absolute Gasteiger partial charge is 0.358 e. The van der Waals surface area contributed by atoms with Crippen LogP contribution in [0, 0.1) is 6.92 Å². The van der Waals surface area contributed by atoms with Crippen LogP contribution in [0.5, 0.6) is 0 Å². The van der Waals surface area contributed by atoms with Crippen molar-refractivity contribution in [1.82, 2.24) is 4.98 Å². The summed E-state index contributed by atoms with van der Waals surface area (Å²) in [6, 6.07) is 8.49. The van der Waals surface area contributed by atoms with Crippen molar-refractivity contribution >= 4 is 10.9 Å². The van der Waals surface area contributed by atoms with E-state index in [1.807, 2.05) is 0 Å². The van der Waals surface area contributed by atoms with E-state index in [0.29, 0.717) is 0 Å². The van der Waals surface area contributed by atoms with Crippen molar-refractivity contribution in [3.05, 3.63) is 35.5 Å². The maximum absolute atomic E-state index is 3.46. The normalized spacial score (nSPS) is 10.9. The maximum atomic E-state index is 3.46. The highest BCUT2D eigenvalue weighted by Crippen LogP contribution is 2.21. The fraction of sp³-hybridized carbons (Fsp3) is 0.333. The molecule has 0 saturated carbocycles. The average Bonchev–Trinajstić information content (AvgIpc) is 2.46. The van der Waals surface area contributed by atoms with E-state index >= 15 is 0 Å². The lowest BCUT2D eigenvalue weighted by Crippen LogP contribution is -1.84. The second kappa shape index (κ2) is 3.25. The summed E-state index contributed by atoms with van der Waals surface area (Å²) in [6.07, 6.45) is 2.36. The molecular weight excluding hydrogens is 158 g/mol. The number of aromatic amines is 1. The van der Waals surface area contributed by atoms with Gasteiger partial charge in [-0.15, -0.1) is 0 Å². The van der Waals surface area contributed by atoms with Gasteiger partial charge in [0.15, 0.2) is 0 Å². The lowest BCUT2D eigenvalue weighted by atomic mass is 10.1. The summed E-state index contributed by atoms with van der Waals surface area (Å²) < 4.78 is 0. The lowest BCUT2D eigenvalue weighted by molar-refractivity contribution is 0.888. The molecule has 0 atom stereocenters. The molecule has 0 aliphatic carbocycles. The second-order valence-corrected chi connectivity index (χ2v) is 3.52. The zero-order valence-electron chi connectivity index (χ0n) is 8.22. The van der Waals surface area contributed by atoms with Crippen LogP contribution in [-0.4, -0.2) is 4.98 Å². The minimum atomic E-state index is 1.15. The molecule has 0 unspecified atom stereocenters. The Bertz CT molecular complexity index is 412. The number of H-pyrrole nitrogens is 1. The van der Waals surface area contributed by atoms with Gasteiger partial charge >= 0.3 is 0 Å². The first-order valence-corrected chi connectivity index (χ1v) is 4.89. The number of aromatic nitrogens is 1. The van der Waals surface area contributed by atoms with E-state index in [1.165, 1.54) is 28.6 Å². The summed E-state index contributed by atoms with van der Waals surface area (Å²) in [5, 5.41) is 1.37. The molecule has 1 N–H and O–H groups in total. The van der Waals surface area contributed by atoms with Crippen LogP contribution >= 0.6 is 0 Å². The van der Waals surface area contributed by atoms with E-state index in [2.05, 4.69) is 43.1 Å². The highest BCUT2D eigenvalue weighted by molar-refractivity contribution is 5.84. The summed E-state index contributed by atoms with van der Waals surface area (Å²) in [5.41, 5.74) is 4.07. The Morgan fingerprint density at radius 3 is 2.69 bits per heavy atom. The van der Waals surface area contributed by atoms with Crippen LogP contribution in [0.3, 0.4) is 0 Å². The quantitative estimate of drug-likeness (QED) is 0.716. The number of hydrogen-bond acceptors (Lipinski definition) is 0. The van der Waals surface area contributed by atoms with Gasteiger partial charge in [0.25, 0.3) is 0 Å². The number of hydrogen-bond donors (Lipinski definition) is 1. The molecule has 0 amide bonds. The molecular formula is C12H15N. The fourth-order valence-electron chi connectivity index (χ4n) is 1.84. The molecule has 1 aromatic carbocycles. The van der Waals surface area contributed by atoms with Gasteiger partial charge in [0.1, 0.15) is 0 Å². The summed E-state index contributed by atoms with van der Waals surface area (Å²) in [6.45, 7) is 4.41. The van der Waals surface area contributed by atoms with Crippen molar-refractivity contribution in [3.63, 3.8) is 0 Å². The number of aryl methyl sites for hydroxylation is 2. The second-order valence-electron chi connectivity index (χ2n) is 3.52. The highest BCUT2D eigenvalue weighted by Gasteiger charge is 2.04. The fourth-order valence-corrected chi connectivity index (χ4v) is 1.84. The van der Waals surface area contributed by atoms with Crippen LogP contribution in [0.15, 0.2) is 24.3 Å². The van der Waals surface area contributed by atoms with Crippen molar-refractivity contribution < 1.29 is 0 Å². The van der Waals surface area contributed by atoms with Gasteiger partial charge in [0.05, 0.1) is 0 Å². The summed E-state index contributed by atoms with van der Waals surface area (Å²) in [7, 11) is 0. The first-order valence-electron chi connectivity index (χ1n) is 4.89. The molecule has 0 saturated heterocycles. The maximum Gasteiger partial charge on any atom is 0.0458 e. The Labute approximate surface area is 78.8 Å². The molecule has 0 aliphatic heterocycles. The van der Waals surface area contributed by atoms with Crippen LogP contribution in [0.4, 0.5) is 0 Å². The zero-order chi connectivity index (χ0) is 9.26. The van der Waals surface area contributed by atoms with Crippen molar-refractivity contribution in [2.75, 3.05) is 0 Å². The molecule has 13 heavy (non-hydrogen) atoms. The number of fused-ring (bicyclic) bond motifs is 1. The van der Waals surface area contributed by atoms with E-state index in [0.717, 1.165) is 6.42 Å². The Balaban J connectivity index is 2.60. The molecule has 0 radical (unpaired) electrons. The SMILES string of the molecule is CCCc1[nH]c2ccccc2c1C. The first kappa shape index (κ1) is 8.36. The first-order chi connectivity index (χ1) is 6.33. The van der Waals surface area contributed by atoms with Crippen molar-refractivity contribution in [2.24, 2.45) is 0 Å². The molecule has 2 aromatic rings. The van der Waals surface area contributed by atoms with Gasteiger partial charge in [0.2, 0.25) is 0 Å². The summed E-state index contributed by atoms with van der Waals surface area (Å²) >= 11 is 0. The van der Waals surface area contributed by atoms with Crippen molar-refractivity contribution in [1.29, 1.82) is 0 Å². The molecule has 1 nitrogen and oxygen atoms in total. The van der Waals surface area contributed by atoms with E-state index in [4.69, 9.17) is 0 Å². The standard InChI is InChI=1S/C12H15N/c1-3-6-11-9(2)10-7-4-5-8-12(10)13-11/h4-5,7-8,13H,3,6H2,1-2H3. The van der Waals surface area contributed by atoms with Gasteiger partial charge < -0.3 is 4.98 Å². The number of nitrogens with one attached hydrogen (secondary N) is 1. The summed E-state index contributed by atoms with van der Waals surface area (Å²) in [5.74, 6) is 0. The van der Waals surface area contributed by atoms with E-state index < -0.39 is 0 Å². The number of rotatable bonds is 2. The Morgan fingerprint density at radius 1 is 1.23 bits per heavy atom. The van der Waals surface area contributed by atoms with Crippen LogP contribution in [-0.2, 0) is 6.42 Å². The molecule has 2 rings (SSSR count). The van der Waals surface area contributed by atoms with E-state index in [1.54, 1.807) is 0 Å². The van der Waals surface area contributed by atoms with Gasteiger partial charge in [-0.05, 0) is 25.0 Å². The molecule has 0 bridgehead atoms. The molecule has 68 valence electrons. The van der Waals surface area contributed by atoms with Crippen molar-refractivity contribution in [2.45, 2.75) is 26.7 Å². The molecule has 0 spiro atoms. The van der Waals surface area contributed by atoms with Crippen LogP contribution in [0.25, 0.3) is 10.9 Å². The topological polar surface area (TPSA) is 15.8 Å². The third-order valence-corrected chi connectivity index (χ3v) is 2.57. The van der Waals surface area contributed by atoms with Crippen LogP contribution in [0.2, 0.25) is 0 Å². The van der Waals surface area contributed by atoms with E-state index in [-0.39, 0.29) is 0 Å². The minimum absolute atomic E-state index is 1.15. The number of para-hydroxylation sites is 1. The molecule has 1 heteroatoms. The van der Waals surface area contributed by atoms with Gasteiger partial charge in [-0.1, -0.05) is 31.5 Å². The zero-order valence-corrected chi connectivity index (χ0v) is 8.22. The predicted octanol–water partition coefficient (Wildman–Crippen LogP) is 3.43. The van der Waals surface area contributed by atoms with Gasteiger partial charge in [0, 0.05) is 16.6 Å². The number of benzene rings is 1.